The molecule has 0 bridgehead atoms. The molecule has 0 saturated carbocycles. The third kappa shape index (κ3) is 2.53. The Bertz CT molecular complexity index is 884. The Morgan fingerprint density at radius 1 is 1.00 bits per heavy atom. The van der Waals surface area contributed by atoms with E-state index in [1.165, 1.54) is 0 Å². The van der Waals surface area contributed by atoms with Crippen molar-refractivity contribution in [1.29, 1.82) is 5.26 Å². The number of nitrogens with zero attached hydrogens (tertiary/aromatic N) is 2. The number of oxazole rings is 1. The Balaban J connectivity index is 2.16. The van der Waals surface area contributed by atoms with Crippen LogP contribution < -0.4 is 14.2 Å². The lowest BCUT2D eigenvalue weighted by molar-refractivity contribution is 0.324. The molecule has 23 heavy (non-hydrogen) atoms. The van der Waals surface area contributed by atoms with Crippen LogP contribution in [0.5, 0.6) is 17.2 Å². The Morgan fingerprint density at radius 3 is 2.26 bits per heavy atom. The van der Waals surface area contributed by atoms with Crippen molar-refractivity contribution in [2.24, 2.45) is 0 Å². The van der Waals surface area contributed by atoms with Gasteiger partial charge in [0.2, 0.25) is 11.6 Å². The molecule has 0 aliphatic heterocycles. The monoisotopic (exact) mass is 310 g/mol. The molecule has 0 aliphatic carbocycles. The Morgan fingerprint density at radius 2 is 1.70 bits per heavy atom. The Labute approximate surface area is 132 Å². The van der Waals surface area contributed by atoms with Gasteiger partial charge in [-0.05, 0) is 30.3 Å². The highest BCUT2D eigenvalue weighted by Gasteiger charge is 2.17. The van der Waals surface area contributed by atoms with Gasteiger partial charge in [-0.25, -0.2) is 4.98 Å². The Hall–Kier alpha value is -3.20. The smallest absolute Gasteiger partial charge is 0.227 e. The standard InChI is InChI=1S/C17H14N2O4/c1-20-14-7-11(8-15(21-2)16(14)22-3)17-19-12-6-10(9-18)4-5-13(12)23-17/h4-8H,1-3H3. The zero-order valence-corrected chi connectivity index (χ0v) is 12.9. The number of hydrogen-bond acceptors (Lipinski definition) is 6. The molecule has 1 aromatic heterocycles. The van der Waals surface area contributed by atoms with E-state index in [0.29, 0.717) is 45.4 Å². The third-order valence-corrected chi connectivity index (χ3v) is 3.43. The van der Waals surface area contributed by atoms with Crippen molar-refractivity contribution in [3.8, 4) is 34.8 Å². The SMILES string of the molecule is COc1cc(-c2nc3cc(C#N)ccc3o2)cc(OC)c1OC. The summed E-state index contributed by atoms with van der Waals surface area (Å²) in [6.07, 6.45) is 0. The van der Waals surface area contributed by atoms with Crippen LogP contribution in [0.25, 0.3) is 22.6 Å². The molecule has 1 heterocycles. The van der Waals surface area contributed by atoms with Gasteiger partial charge in [-0.15, -0.1) is 0 Å². The molecule has 2 aromatic carbocycles. The van der Waals surface area contributed by atoms with Crippen LogP contribution in [0.4, 0.5) is 0 Å². The number of nitriles is 1. The van der Waals surface area contributed by atoms with Crippen molar-refractivity contribution in [2.45, 2.75) is 0 Å². The fraction of sp³-hybridized carbons (Fsp3) is 0.176. The first kappa shape index (κ1) is 14.7. The lowest BCUT2D eigenvalue weighted by Crippen LogP contribution is -1.95. The van der Waals surface area contributed by atoms with E-state index in [9.17, 15) is 0 Å². The van der Waals surface area contributed by atoms with Crippen molar-refractivity contribution in [1.82, 2.24) is 4.98 Å². The van der Waals surface area contributed by atoms with Crippen LogP contribution in [0.1, 0.15) is 5.56 Å². The molecule has 0 spiro atoms. The van der Waals surface area contributed by atoms with Gasteiger partial charge in [-0.1, -0.05) is 0 Å². The number of hydrogen-bond donors (Lipinski definition) is 0. The van der Waals surface area contributed by atoms with Gasteiger partial charge in [-0.2, -0.15) is 5.26 Å². The second kappa shape index (κ2) is 5.89. The fourth-order valence-corrected chi connectivity index (χ4v) is 2.33. The van der Waals surface area contributed by atoms with Crippen LogP contribution in [-0.2, 0) is 0 Å². The largest absolute Gasteiger partial charge is 0.493 e. The summed E-state index contributed by atoms with van der Waals surface area (Å²) in [6, 6.07) is 10.7. The van der Waals surface area contributed by atoms with Crippen LogP contribution in [0.15, 0.2) is 34.7 Å². The lowest BCUT2D eigenvalue weighted by Gasteiger charge is -2.12. The molecule has 0 fully saturated rings. The van der Waals surface area contributed by atoms with Crippen LogP contribution >= 0.6 is 0 Å². The maximum Gasteiger partial charge on any atom is 0.227 e. The molecule has 0 N–H and O–H groups in total. The molecule has 0 radical (unpaired) electrons. The molecule has 3 rings (SSSR count). The van der Waals surface area contributed by atoms with E-state index in [4.69, 9.17) is 23.9 Å². The molecular formula is C17H14N2O4. The minimum Gasteiger partial charge on any atom is -0.493 e. The molecule has 0 amide bonds. The second-order valence-corrected chi connectivity index (χ2v) is 4.73. The van der Waals surface area contributed by atoms with Gasteiger partial charge in [-0.3, -0.25) is 0 Å². The molecular weight excluding hydrogens is 296 g/mol. The van der Waals surface area contributed by atoms with Gasteiger partial charge in [0.15, 0.2) is 17.1 Å². The number of ether oxygens (including phenoxy) is 3. The van der Waals surface area contributed by atoms with E-state index >= 15 is 0 Å². The van der Waals surface area contributed by atoms with E-state index in [0.717, 1.165) is 0 Å². The zero-order valence-electron chi connectivity index (χ0n) is 12.9. The number of benzene rings is 2. The van der Waals surface area contributed by atoms with Gasteiger partial charge in [0.05, 0.1) is 33.0 Å². The van der Waals surface area contributed by atoms with Crippen molar-refractivity contribution < 1.29 is 18.6 Å². The molecule has 6 heteroatoms. The highest BCUT2D eigenvalue weighted by Crippen LogP contribution is 2.41. The molecule has 6 nitrogen and oxygen atoms in total. The van der Waals surface area contributed by atoms with Crippen LogP contribution in [-0.4, -0.2) is 26.3 Å². The van der Waals surface area contributed by atoms with E-state index in [-0.39, 0.29) is 0 Å². The second-order valence-electron chi connectivity index (χ2n) is 4.73. The van der Waals surface area contributed by atoms with Gasteiger partial charge in [0.25, 0.3) is 0 Å². The predicted molar refractivity (Wildman–Crippen MR) is 83.8 cm³/mol. The minimum absolute atomic E-state index is 0.411. The van der Waals surface area contributed by atoms with Crippen LogP contribution in [0.3, 0.4) is 0 Å². The predicted octanol–water partition coefficient (Wildman–Crippen LogP) is 3.39. The third-order valence-electron chi connectivity index (χ3n) is 3.43. The first-order valence-electron chi connectivity index (χ1n) is 6.81. The quantitative estimate of drug-likeness (QED) is 0.735. The van der Waals surface area contributed by atoms with E-state index in [1.54, 1.807) is 51.7 Å². The summed E-state index contributed by atoms with van der Waals surface area (Å²) < 4.78 is 21.7. The molecule has 0 unspecified atom stereocenters. The number of fused-ring (bicyclic) bond motifs is 1. The summed E-state index contributed by atoms with van der Waals surface area (Å²) in [5.74, 6) is 1.94. The topological polar surface area (TPSA) is 77.5 Å². The summed E-state index contributed by atoms with van der Waals surface area (Å²) in [5, 5.41) is 8.96. The molecule has 0 atom stereocenters. The van der Waals surface area contributed by atoms with Crippen LogP contribution in [0.2, 0.25) is 0 Å². The summed E-state index contributed by atoms with van der Waals surface area (Å²) in [5.41, 5.74) is 2.44. The number of aromatic nitrogens is 1. The van der Waals surface area contributed by atoms with E-state index in [1.807, 2.05) is 0 Å². The zero-order chi connectivity index (χ0) is 16.4. The van der Waals surface area contributed by atoms with Crippen LogP contribution in [0, 0.1) is 11.3 Å². The number of methoxy groups -OCH3 is 3. The fourth-order valence-electron chi connectivity index (χ4n) is 2.33. The molecule has 3 aromatic rings. The van der Waals surface area contributed by atoms with E-state index in [2.05, 4.69) is 11.1 Å². The van der Waals surface area contributed by atoms with Crippen molar-refractivity contribution in [3.63, 3.8) is 0 Å². The first-order valence-corrected chi connectivity index (χ1v) is 6.81. The first-order chi connectivity index (χ1) is 11.2. The Kier molecular flexibility index (Phi) is 3.77. The van der Waals surface area contributed by atoms with E-state index < -0.39 is 0 Å². The highest BCUT2D eigenvalue weighted by atomic mass is 16.5. The van der Waals surface area contributed by atoms with Gasteiger partial charge >= 0.3 is 0 Å². The molecule has 0 saturated heterocycles. The molecule has 116 valence electrons. The minimum atomic E-state index is 0.411. The van der Waals surface area contributed by atoms with Crippen molar-refractivity contribution >= 4 is 11.1 Å². The van der Waals surface area contributed by atoms with Crippen molar-refractivity contribution in [3.05, 3.63) is 35.9 Å². The summed E-state index contributed by atoms with van der Waals surface area (Å²) in [6.45, 7) is 0. The maximum absolute atomic E-state index is 8.96. The number of rotatable bonds is 4. The summed E-state index contributed by atoms with van der Waals surface area (Å²) >= 11 is 0. The van der Waals surface area contributed by atoms with Gasteiger partial charge in [0.1, 0.15) is 5.52 Å². The lowest BCUT2D eigenvalue weighted by atomic mass is 10.2. The normalized spacial score (nSPS) is 10.3. The average molecular weight is 310 g/mol. The summed E-state index contributed by atoms with van der Waals surface area (Å²) in [7, 11) is 4.64. The highest BCUT2D eigenvalue weighted by molar-refractivity contribution is 5.78. The maximum atomic E-state index is 8.96. The summed E-state index contributed by atoms with van der Waals surface area (Å²) in [4.78, 5) is 4.43. The van der Waals surface area contributed by atoms with Gasteiger partial charge in [0, 0.05) is 5.56 Å². The van der Waals surface area contributed by atoms with Gasteiger partial charge < -0.3 is 18.6 Å². The average Bonchev–Trinajstić information content (AvgIpc) is 3.03. The molecule has 0 aliphatic rings. The van der Waals surface area contributed by atoms with Crippen molar-refractivity contribution in [2.75, 3.05) is 21.3 Å².